The van der Waals surface area contributed by atoms with E-state index in [0.29, 0.717) is 5.69 Å². The number of nitrogens with one attached hydrogen (secondary N) is 1. The average molecular weight is 273 g/mol. The molecule has 1 aliphatic heterocycles. The number of hydrogen-bond donors (Lipinski definition) is 2. The first-order chi connectivity index (χ1) is 8.80. The number of alkyl halides is 3. The largest absolute Gasteiger partial charge is 0.481 e. The second-order valence-electron chi connectivity index (χ2n) is 4.79. The standard InChI is InChI=1S/C13H14F3NO2/c1-7(12(18)19)11-6-9(13(14,15)16)8-4-2-3-5-10(8)17-11/h2-5,7,9,11,17H,6H2,1H3,(H,18,19). The lowest BCUT2D eigenvalue weighted by Gasteiger charge is -2.35. The molecule has 104 valence electrons. The zero-order valence-electron chi connectivity index (χ0n) is 10.2. The number of carboxylic acids is 1. The highest BCUT2D eigenvalue weighted by Gasteiger charge is 2.46. The predicted octanol–water partition coefficient (Wildman–Crippen LogP) is 3.24. The summed E-state index contributed by atoms with van der Waals surface area (Å²) in [4.78, 5) is 10.9. The molecular weight excluding hydrogens is 259 g/mol. The van der Waals surface area contributed by atoms with Gasteiger partial charge in [0.2, 0.25) is 0 Å². The van der Waals surface area contributed by atoms with Gasteiger partial charge < -0.3 is 10.4 Å². The SMILES string of the molecule is CC(C(=O)O)C1CC(C(F)(F)F)c2ccccc2N1. The molecule has 2 N–H and O–H groups in total. The van der Waals surface area contributed by atoms with E-state index in [4.69, 9.17) is 5.11 Å². The molecule has 1 aromatic carbocycles. The van der Waals surface area contributed by atoms with Crippen LogP contribution in [0, 0.1) is 5.92 Å². The third kappa shape index (κ3) is 2.67. The molecular formula is C13H14F3NO2. The van der Waals surface area contributed by atoms with Gasteiger partial charge in [-0.2, -0.15) is 13.2 Å². The van der Waals surface area contributed by atoms with E-state index in [1.54, 1.807) is 18.2 Å². The smallest absolute Gasteiger partial charge is 0.395 e. The van der Waals surface area contributed by atoms with E-state index in [-0.39, 0.29) is 12.0 Å². The van der Waals surface area contributed by atoms with E-state index < -0.39 is 30.0 Å². The summed E-state index contributed by atoms with van der Waals surface area (Å²) in [5, 5.41) is 11.8. The molecule has 19 heavy (non-hydrogen) atoms. The van der Waals surface area contributed by atoms with Crippen LogP contribution in [0.25, 0.3) is 0 Å². The Balaban J connectivity index is 2.37. The van der Waals surface area contributed by atoms with Crippen molar-refractivity contribution in [2.45, 2.75) is 31.5 Å². The molecule has 0 saturated heterocycles. The van der Waals surface area contributed by atoms with Crippen LogP contribution in [0.1, 0.15) is 24.8 Å². The summed E-state index contributed by atoms with van der Waals surface area (Å²) in [6.45, 7) is 1.42. The van der Waals surface area contributed by atoms with E-state index in [0.717, 1.165) is 0 Å². The van der Waals surface area contributed by atoms with E-state index in [1.165, 1.54) is 13.0 Å². The average Bonchev–Trinajstić information content (AvgIpc) is 2.35. The highest BCUT2D eigenvalue weighted by molar-refractivity contribution is 5.72. The summed E-state index contributed by atoms with van der Waals surface area (Å²) < 4.78 is 39.2. The topological polar surface area (TPSA) is 49.3 Å². The second kappa shape index (κ2) is 4.75. The molecule has 3 atom stereocenters. The first-order valence-corrected chi connectivity index (χ1v) is 5.95. The fourth-order valence-corrected chi connectivity index (χ4v) is 2.38. The van der Waals surface area contributed by atoms with Gasteiger partial charge in [-0.3, -0.25) is 4.79 Å². The number of halogens is 3. The molecule has 0 amide bonds. The van der Waals surface area contributed by atoms with Gasteiger partial charge in [0, 0.05) is 11.7 Å². The molecule has 1 aromatic rings. The van der Waals surface area contributed by atoms with Crippen LogP contribution in [0.15, 0.2) is 24.3 Å². The maximum Gasteiger partial charge on any atom is 0.395 e. The normalized spacial score (nSPS) is 24.2. The molecule has 6 heteroatoms. The minimum Gasteiger partial charge on any atom is -0.481 e. The quantitative estimate of drug-likeness (QED) is 0.869. The Labute approximate surface area is 108 Å². The van der Waals surface area contributed by atoms with Gasteiger partial charge >= 0.3 is 12.1 Å². The molecule has 0 saturated carbocycles. The maximum atomic E-state index is 13.1. The molecule has 3 nitrogen and oxygen atoms in total. The monoisotopic (exact) mass is 273 g/mol. The molecule has 1 heterocycles. The Bertz CT molecular complexity index is 487. The minimum atomic E-state index is -4.37. The van der Waals surface area contributed by atoms with Crippen LogP contribution in [-0.2, 0) is 4.79 Å². The fourth-order valence-electron chi connectivity index (χ4n) is 2.38. The van der Waals surface area contributed by atoms with Gasteiger partial charge in [-0.25, -0.2) is 0 Å². The number of para-hydroxylation sites is 1. The van der Waals surface area contributed by atoms with Crippen molar-refractivity contribution >= 4 is 11.7 Å². The third-order valence-electron chi connectivity index (χ3n) is 3.55. The van der Waals surface area contributed by atoms with E-state index in [2.05, 4.69) is 5.32 Å². The Kier molecular flexibility index (Phi) is 3.43. The molecule has 0 aliphatic carbocycles. The Morgan fingerprint density at radius 2 is 2.05 bits per heavy atom. The Morgan fingerprint density at radius 1 is 1.42 bits per heavy atom. The summed E-state index contributed by atoms with van der Waals surface area (Å²) in [5.74, 6) is -3.59. The van der Waals surface area contributed by atoms with Gasteiger partial charge in [-0.05, 0) is 25.0 Å². The number of anilines is 1. The molecule has 0 fully saturated rings. The Hall–Kier alpha value is -1.72. The fraction of sp³-hybridized carbons (Fsp3) is 0.462. The van der Waals surface area contributed by atoms with Crippen LogP contribution in [-0.4, -0.2) is 23.3 Å². The molecule has 0 bridgehead atoms. The summed E-state index contributed by atoms with van der Waals surface area (Å²) in [5.41, 5.74) is 0.554. The van der Waals surface area contributed by atoms with Crippen LogP contribution in [0.4, 0.5) is 18.9 Å². The van der Waals surface area contributed by atoms with Gasteiger partial charge in [0.25, 0.3) is 0 Å². The van der Waals surface area contributed by atoms with Gasteiger partial charge in [0.15, 0.2) is 0 Å². The zero-order chi connectivity index (χ0) is 14.2. The molecule has 1 aliphatic rings. The summed E-state index contributed by atoms with van der Waals surface area (Å²) >= 11 is 0. The van der Waals surface area contributed by atoms with E-state index in [9.17, 15) is 18.0 Å². The predicted molar refractivity (Wildman–Crippen MR) is 64.1 cm³/mol. The number of benzene rings is 1. The van der Waals surface area contributed by atoms with Gasteiger partial charge in [0.1, 0.15) is 0 Å². The number of hydrogen-bond acceptors (Lipinski definition) is 2. The van der Waals surface area contributed by atoms with Crippen molar-refractivity contribution in [1.29, 1.82) is 0 Å². The number of fused-ring (bicyclic) bond motifs is 1. The number of rotatable bonds is 2. The van der Waals surface area contributed by atoms with Crippen molar-refractivity contribution in [3.8, 4) is 0 Å². The molecule has 0 aromatic heterocycles. The van der Waals surface area contributed by atoms with Gasteiger partial charge in [-0.1, -0.05) is 18.2 Å². The van der Waals surface area contributed by atoms with Gasteiger partial charge in [-0.15, -0.1) is 0 Å². The van der Waals surface area contributed by atoms with E-state index >= 15 is 0 Å². The number of aliphatic carboxylic acids is 1. The van der Waals surface area contributed by atoms with Crippen LogP contribution >= 0.6 is 0 Å². The lowest BCUT2D eigenvalue weighted by atomic mass is 9.82. The van der Waals surface area contributed by atoms with Crippen molar-refractivity contribution in [2.24, 2.45) is 5.92 Å². The lowest BCUT2D eigenvalue weighted by Crippen LogP contribution is -2.40. The van der Waals surface area contributed by atoms with Crippen LogP contribution in [0.3, 0.4) is 0 Å². The van der Waals surface area contributed by atoms with Crippen molar-refractivity contribution < 1.29 is 23.1 Å². The van der Waals surface area contributed by atoms with Gasteiger partial charge in [0.05, 0.1) is 11.8 Å². The summed E-state index contributed by atoms with van der Waals surface area (Å²) in [6.07, 6.45) is -4.62. The highest BCUT2D eigenvalue weighted by atomic mass is 19.4. The van der Waals surface area contributed by atoms with Crippen molar-refractivity contribution in [3.63, 3.8) is 0 Å². The molecule has 0 radical (unpaired) electrons. The zero-order valence-corrected chi connectivity index (χ0v) is 10.2. The number of carboxylic acid groups (broad SMARTS) is 1. The van der Waals surface area contributed by atoms with E-state index in [1.807, 2.05) is 0 Å². The van der Waals surface area contributed by atoms with Crippen LogP contribution in [0.2, 0.25) is 0 Å². The maximum absolute atomic E-state index is 13.1. The molecule has 2 rings (SSSR count). The highest BCUT2D eigenvalue weighted by Crippen LogP contribution is 2.45. The molecule has 0 spiro atoms. The van der Waals surface area contributed by atoms with Crippen LogP contribution < -0.4 is 5.32 Å². The van der Waals surface area contributed by atoms with Crippen LogP contribution in [0.5, 0.6) is 0 Å². The van der Waals surface area contributed by atoms with Crippen molar-refractivity contribution in [1.82, 2.24) is 0 Å². The minimum absolute atomic E-state index is 0.184. The lowest BCUT2D eigenvalue weighted by molar-refractivity contribution is -0.156. The van der Waals surface area contributed by atoms with Crippen molar-refractivity contribution in [2.75, 3.05) is 5.32 Å². The summed E-state index contributed by atoms with van der Waals surface area (Å²) in [7, 11) is 0. The second-order valence-corrected chi connectivity index (χ2v) is 4.79. The summed E-state index contributed by atoms with van der Waals surface area (Å²) in [6, 6.07) is 5.45. The van der Waals surface area contributed by atoms with Crippen molar-refractivity contribution in [3.05, 3.63) is 29.8 Å². The number of carbonyl (C=O) groups is 1. The molecule has 3 unspecified atom stereocenters. The Morgan fingerprint density at radius 3 is 2.63 bits per heavy atom. The third-order valence-corrected chi connectivity index (χ3v) is 3.55. The first kappa shape index (κ1) is 13.7. The first-order valence-electron chi connectivity index (χ1n) is 5.95.